The first kappa shape index (κ1) is 22.2. The number of hydrogen-bond acceptors (Lipinski definition) is 4. The summed E-state index contributed by atoms with van der Waals surface area (Å²) in [7, 11) is 1.63. The monoisotopic (exact) mass is 426 g/mol. The highest BCUT2D eigenvalue weighted by Crippen LogP contribution is 2.25. The lowest BCUT2D eigenvalue weighted by Gasteiger charge is -2.32. The van der Waals surface area contributed by atoms with Gasteiger partial charge in [-0.2, -0.15) is 0 Å². The molecule has 0 aliphatic carbocycles. The van der Waals surface area contributed by atoms with Gasteiger partial charge in [-0.25, -0.2) is 0 Å². The van der Waals surface area contributed by atoms with E-state index in [1.54, 1.807) is 18.9 Å². The van der Waals surface area contributed by atoms with Crippen LogP contribution in [0, 0.1) is 12.8 Å². The maximum Gasteiger partial charge on any atom is 0.232 e. The molecule has 1 fully saturated rings. The summed E-state index contributed by atoms with van der Waals surface area (Å²) in [6, 6.07) is 15.6. The number of nitrogens with zero attached hydrogens (tertiary/aromatic N) is 1. The molecule has 0 radical (unpaired) electrons. The van der Waals surface area contributed by atoms with Gasteiger partial charge in [-0.3, -0.25) is 9.59 Å². The highest BCUT2D eigenvalue weighted by molar-refractivity contribution is 8.00. The molecule has 1 saturated heterocycles. The van der Waals surface area contributed by atoms with Gasteiger partial charge in [-0.15, -0.1) is 11.8 Å². The van der Waals surface area contributed by atoms with Crippen molar-refractivity contribution in [2.75, 3.05) is 31.3 Å². The third-order valence-corrected chi connectivity index (χ3v) is 6.46. The fourth-order valence-electron chi connectivity index (χ4n) is 3.73. The average Bonchev–Trinajstić information content (AvgIpc) is 2.78. The third kappa shape index (κ3) is 6.52. The van der Waals surface area contributed by atoms with Gasteiger partial charge in [0.1, 0.15) is 5.75 Å². The Labute approximate surface area is 183 Å². The summed E-state index contributed by atoms with van der Waals surface area (Å²) in [6.45, 7) is 3.53. The molecular formula is C24H30N2O3S. The molecule has 1 N–H and O–H groups in total. The second-order valence-corrected chi connectivity index (χ2v) is 8.77. The van der Waals surface area contributed by atoms with Crippen molar-refractivity contribution in [3.8, 4) is 5.75 Å². The van der Waals surface area contributed by atoms with Gasteiger partial charge in [-0.05, 0) is 68.0 Å². The minimum atomic E-state index is 0.0198. The Balaban J connectivity index is 1.43. The Morgan fingerprint density at radius 3 is 2.73 bits per heavy atom. The van der Waals surface area contributed by atoms with Crippen LogP contribution >= 0.6 is 11.8 Å². The molecule has 1 aliphatic heterocycles. The maximum absolute atomic E-state index is 12.6. The summed E-state index contributed by atoms with van der Waals surface area (Å²) >= 11 is 1.58. The zero-order valence-corrected chi connectivity index (χ0v) is 18.5. The number of carbonyl (C=O) groups is 2. The van der Waals surface area contributed by atoms with E-state index >= 15 is 0 Å². The van der Waals surface area contributed by atoms with Gasteiger partial charge in [0.05, 0.1) is 12.9 Å². The number of ether oxygens (including phenoxy) is 1. The molecule has 1 aliphatic rings. The number of methoxy groups -OCH3 is 1. The number of thioether (sulfide) groups is 1. The Morgan fingerprint density at radius 2 is 2.00 bits per heavy atom. The zero-order chi connectivity index (χ0) is 21.3. The van der Waals surface area contributed by atoms with Crippen molar-refractivity contribution in [2.24, 2.45) is 5.92 Å². The molecular weight excluding hydrogens is 396 g/mol. The zero-order valence-electron chi connectivity index (χ0n) is 17.7. The van der Waals surface area contributed by atoms with Crippen molar-refractivity contribution in [3.05, 3.63) is 54.1 Å². The normalized spacial score (nSPS) is 16.2. The van der Waals surface area contributed by atoms with Gasteiger partial charge in [0.15, 0.2) is 0 Å². The molecule has 0 aromatic heterocycles. The topological polar surface area (TPSA) is 58.6 Å². The van der Waals surface area contributed by atoms with Crippen LogP contribution in [0.15, 0.2) is 53.4 Å². The van der Waals surface area contributed by atoms with Crippen molar-refractivity contribution in [3.63, 3.8) is 0 Å². The third-order valence-electron chi connectivity index (χ3n) is 5.46. The Hall–Kier alpha value is -2.47. The second kappa shape index (κ2) is 11.1. The fraction of sp³-hybridized carbons (Fsp3) is 0.417. The van der Waals surface area contributed by atoms with E-state index in [0.717, 1.165) is 54.2 Å². The molecule has 3 rings (SSSR count). The first-order chi connectivity index (χ1) is 14.5. The number of rotatable bonds is 8. The summed E-state index contributed by atoms with van der Waals surface area (Å²) in [6.07, 6.45) is 3.35. The lowest BCUT2D eigenvalue weighted by Crippen LogP contribution is -2.41. The number of benzene rings is 2. The van der Waals surface area contributed by atoms with Crippen LogP contribution in [0.1, 0.15) is 31.2 Å². The summed E-state index contributed by atoms with van der Waals surface area (Å²) < 4.78 is 5.21. The van der Waals surface area contributed by atoms with Gasteiger partial charge in [0, 0.05) is 30.1 Å². The van der Waals surface area contributed by atoms with Crippen molar-refractivity contribution in [1.82, 2.24) is 4.90 Å². The summed E-state index contributed by atoms with van der Waals surface area (Å²) in [4.78, 5) is 28.1. The standard InChI is InChI=1S/C24H30N2O3S/c1-18-15-20(29-2)11-12-22(18)25-23(27)13-10-19-7-6-14-26(16-19)24(28)17-30-21-8-4-3-5-9-21/h3-5,8-9,11-12,15,19H,6-7,10,13-14,16-17H2,1-2H3,(H,25,27). The average molecular weight is 427 g/mol. The molecule has 6 heteroatoms. The van der Waals surface area contributed by atoms with E-state index in [2.05, 4.69) is 5.32 Å². The van der Waals surface area contributed by atoms with E-state index in [4.69, 9.17) is 4.74 Å². The molecule has 5 nitrogen and oxygen atoms in total. The van der Waals surface area contributed by atoms with E-state index in [1.807, 2.05) is 60.4 Å². The van der Waals surface area contributed by atoms with E-state index in [-0.39, 0.29) is 11.8 Å². The number of amides is 2. The summed E-state index contributed by atoms with van der Waals surface area (Å²) in [5, 5.41) is 3.00. The van der Waals surface area contributed by atoms with Crippen molar-refractivity contribution in [1.29, 1.82) is 0 Å². The molecule has 1 unspecified atom stereocenters. The van der Waals surface area contributed by atoms with Crippen LogP contribution in [0.5, 0.6) is 5.75 Å². The SMILES string of the molecule is COc1ccc(NC(=O)CCC2CCCN(C(=O)CSc3ccccc3)C2)c(C)c1. The molecule has 0 bridgehead atoms. The van der Waals surface area contributed by atoms with Crippen LogP contribution in [0.3, 0.4) is 0 Å². The highest BCUT2D eigenvalue weighted by Gasteiger charge is 2.24. The molecule has 0 spiro atoms. The predicted octanol–water partition coefficient (Wildman–Crippen LogP) is 4.75. The van der Waals surface area contributed by atoms with Crippen LogP contribution in [0.2, 0.25) is 0 Å². The Morgan fingerprint density at radius 1 is 1.20 bits per heavy atom. The number of nitrogens with one attached hydrogen (secondary N) is 1. The number of anilines is 1. The van der Waals surface area contributed by atoms with Gasteiger partial charge in [0.2, 0.25) is 11.8 Å². The van der Waals surface area contributed by atoms with Crippen molar-refractivity contribution >= 4 is 29.3 Å². The number of likely N-dealkylation sites (tertiary alicyclic amines) is 1. The quantitative estimate of drug-likeness (QED) is 0.619. The van der Waals surface area contributed by atoms with Gasteiger partial charge in [0.25, 0.3) is 0 Å². The molecule has 2 aromatic carbocycles. The highest BCUT2D eigenvalue weighted by atomic mass is 32.2. The lowest BCUT2D eigenvalue weighted by atomic mass is 9.93. The Kier molecular flexibility index (Phi) is 8.20. The van der Waals surface area contributed by atoms with Crippen LogP contribution in [0.4, 0.5) is 5.69 Å². The van der Waals surface area contributed by atoms with E-state index in [0.29, 0.717) is 18.1 Å². The summed E-state index contributed by atoms with van der Waals surface area (Å²) in [5.41, 5.74) is 1.80. The van der Waals surface area contributed by atoms with E-state index in [1.165, 1.54) is 0 Å². The van der Waals surface area contributed by atoms with Crippen LogP contribution in [-0.2, 0) is 9.59 Å². The van der Waals surface area contributed by atoms with Gasteiger partial charge < -0.3 is 15.0 Å². The number of carbonyl (C=O) groups excluding carboxylic acids is 2. The minimum absolute atomic E-state index is 0.0198. The Bertz CT molecular complexity index is 857. The molecule has 2 amide bonds. The van der Waals surface area contributed by atoms with Gasteiger partial charge in [-0.1, -0.05) is 18.2 Å². The van der Waals surface area contributed by atoms with Gasteiger partial charge >= 0.3 is 0 Å². The molecule has 160 valence electrons. The molecule has 2 aromatic rings. The molecule has 0 saturated carbocycles. The first-order valence-electron chi connectivity index (χ1n) is 10.5. The van der Waals surface area contributed by atoms with Crippen molar-refractivity contribution in [2.45, 2.75) is 37.5 Å². The summed E-state index contributed by atoms with van der Waals surface area (Å²) in [5.74, 6) is 1.83. The smallest absolute Gasteiger partial charge is 0.232 e. The molecule has 1 atom stereocenters. The van der Waals surface area contributed by atoms with Crippen LogP contribution < -0.4 is 10.1 Å². The number of piperidine rings is 1. The van der Waals surface area contributed by atoms with E-state index in [9.17, 15) is 9.59 Å². The van der Waals surface area contributed by atoms with Crippen LogP contribution in [-0.4, -0.2) is 42.7 Å². The minimum Gasteiger partial charge on any atom is -0.497 e. The largest absolute Gasteiger partial charge is 0.497 e. The van der Waals surface area contributed by atoms with Crippen molar-refractivity contribution < 1.29 is 14.3 Å². The molecule has 1 heterocycles. The predicted molar refractivity (Wildman–Crippen MR) is 122 cm³/mol. The molecule has 30 heavy (non-hydrogen) atoms. The van der Waals surface area contributed by atoms with Crippen LogP contribution in [0.25, 0.3) is 0 Å². The lowest BCUT2D eigenvalue weighted by molar-refractivity contribution is -0.130. The fourth-order valence-corrected chi connectivity index (χ4v) is 4.55. The van der Waals surface area contributed by atoms with E-state index < -0.39 is 0 Å². The second-order valence-electron chi connectivity index (χ2n) is 7.72. The first-order valence-corrected chi connectivity index (χ1v) is 11.4. The number of aryl methyl sites for hydroxylation is 1. The maximum atomic E-state index is 12.6. The number of hydrogen-bond donors (Lipinski definition) is 1.